The maximum atomic E-state index is 10.7. The summed E-state index contributed by atoms with van der Waals surface area (Å²) < 4.78 is 0. The minimum atomic E-state index is -0.872. The summed E-state index contributed by atoms with van der Waals surface area (Å²) in [5, 5.41) is 8.76. The maximum Gasteiger partial charge on any atom is 0.307 e. The van der Waals surface area contributed by atoms with Gasteiger partial charge >= 0.3 is 5.97 Å². The summed E-state index contributed by atoms with van der Waals surface area (Å²) in [4.78, 5) is 21.3. The van der Waals surface area contributed by atoms with Crippen LogP contribution in [-0.2, 0) is 9.59 Å². The molecule has 3 unspecified atom stereocenters. The first-order valence-electron chi connectivity index (χ1n) is 4.01. The molecule has 0 spiro atoms. The second kappa shape index (κ2) is 3.52. The van der Waals surface area contributed by atoms with E-state index >= 15 is 0 Å². The molecule has 0 saturated heterocycles. The summed E-state index contributed by atoms with van der Waals surface area (Å²) in [6, 6.07) is 0. The Bertz CT molecular complexity index is 220. The van der Waals surface area contributed by atoms with E-state index in [9.17, 15) is 9.59 Å². The van der Waals surface area contributed by atoms with E-state index in [1.807, 2.05) is 19.1 Å². The zero-order valence-electron chi connectivity index (χ0n) is 6.93. The van der Waals surface area contributed by atoms with Crippen molar-refractivity contribution < 1.29 is 14.7 Å². The number of hydrogen-bond donors (Lipinski definition) is 1. The first-order chi connectivity index (χ1) is 5.66. The molecule has 0 radical (unpaired) electrons. The second-order valence-corrected chi connectivity index (χ2v) is 3.18. The van der Waals surface area contributed by atoms with Gasteiger partial charge in [0.1, 0.15) is 6.29 Å². The van der Waals surface area contributed by atoms with E-state index in [1.165, 1.54) is 0 Å². The number of carboxylic acids is 1. The van der Waals surface area contributed by atoms with Gasteiger partial charge in [-0.15, -0.1) is 0 Å². The van der Waals surface area contributed by atoms with Crippen LogP contribution >= 0.6 is 0 Å². The molecule has 0 aromatic carbocycles. The smallest absolute Gasteiger partial charge is 0.307 e. The number of aldehydes is 1. The summed E-state index contributed by atoms with van der Waals surface area (Å²) in [7, 11) is 0. The van der Waals surface area contributed by atoms with Gasteiger partial charge in [-0.2, -0.15) is 0 Å². The molecule has 0 heterocycles. The number of rotatable bonds is 2. The molecular formula is C9H12O3. The van der Waals surface area contributed by atoms with Gasteiger partial charge < -0.3 is 9.90 Å². The van der Waals surface area contributed by atoms with Gasteiger partial charge in [0.25, 0.3) is 0 Å². The number of carbonyl (C=O) groups is 2. The second-order valence-electron chi connectivity index (χ2n) is 3.18. The van der Waals surface area contributed by atoms with Crippen LogP contribution in [0.25, 0.3) is 0 Å². The van der Waals surface area contributed by atoms with E-state index in [-0.39, 0.29) is 11.8 Å². The van der Waals surface area contributed by atoms with Gasteiger partial charge in [0.15, 0.2) is 0 Å². The molecule has 0 saturated carbocycles. The van der Waals surface area contributed by atoms with Crippen LogP contribution in [0.15, 0.2) is 12.2 Å². The van der Waals surface area contributed by atoms with Crippen LogP contribution in [0, 0.1) is 17.8 Å². The number of carbonyl (C=O) groups excluding carboxylic acids is 1. The van der Waals surface area contributed by atoms with Crippen molar-refractivity contribution in [2.75, 3.05) is 0 Å². The first-order valence-corrected chi connectivity index (χ1v) is 4.01. The van der Waals surface area contributed by atoms with E-state index in [2.05, 4.69) is 0 Å². The summed E-state index contributed by atoms with van der Waals surface area (Å²) in [6.45, 7) is 1.87. The lowest BCUT2D eigenvalue weighted by Crippen LogP contribution is -2.30. The minimum Gasteiger partial charge on any atom is -0.481 e. The van der Waals surface area contributed by atoms with Crippen molar-refractivity contribution in [1.82, 2.24) is 0 Å². The Morgan fingerprint density at radius 2 is 2.33 bits per heavy atom. The molecule has 0 bridgehead atoms. The van der Waals surface area contributed by atoms with E-state index in [0.29, 0.717) is 6.42 Å². The minimum absolute atomic E-state index is 0.0531. The Morgan fingerprint density at radius 1 is 1.67 bits per heavy atom. The van der Waals surface area contributed by atoms with Crippen LogP contribution in [-0.4, -0.2) is 17.4 Å². The van der Waals surface area contributed by atoms with Gasteiger partial charge in [-0.25, -0.2) is 0 Å². The third kappa shape index (κ3) is 1.55. The van der Waals surface area contributed by atoms with E-state index < -0.39 is 11.9 Å². The van der Waals surface area contributed by atoms with Crippen LogP contribution in [0.2, 0.25) is 0 Å². The molecule has 0 aromatic heterocycles. The Hall–Kier alpha value is -1.12. The summed E-state index contributed by atoms with van der Waals surface area (Å²) in [6.07, 6.45) is 4.97. The molecule has 1 aliphatic carbocycles. The largest absolute Gasteiger partial charge is 0.481 e. The summed E-state index contributed by atoms with van der Waals surface area (Å²) in [5.74, 6) is -1.70. The SMILES string of the molecule is CC1C=CCC(C(=O)O)C1C=O. The molecule has 0 aliphatic heterocycles. The number of aliphatic carboxylic acids is 1. The van der Waals surface area contributed by atoms with Crippen molar-refractivity contribution in [3.05, 3.63) is 12.2 Å². The van der Waals surface area contributed by atoms with Gasteiger partial charge in [0, 0.05) is 5.92 Å². The predicted molar refractivity (Wildman–Crippen MR) is 43.6 cm³/mol. The van der Waals surface area contributed by atoms with Crippen molar-refractivity contribution in [3.8, 4) is 0 Å². The third-order valence-corrected chi connectivity index (χ3v) is 2.38. The maximum absolute atomic E-state index is 10.7. The highest BCUT2D eigenvalue weighted by molar-refractivity contribution is 5.75. The molecular weight excluding hydrogens is 156 g/mol. The molecule has 0 amide bonds. The lowest BCUT2D eigenvalue weighted by Gasteiger charge is -2.25. The van der Waals surface area contributed by atoms with Crippen LogP contribution in [0.1, 0.15) is 13.3 Å². The fourth-order valence-corrected chi connectivity index (χ4v) is 1.58. The number of hydrogen-bond acceptors (Lipinski definition) is 2. The first kappa shape index (κ1) is 8.97. The molecule has 3 nitrogen and oxygen atoms in total. The van der Waals surface area contributed by atoms with E-state index in [4.69, 9.17) is 5.11 Å². The Kier molecular flexibility index (Phi) is 2.63. The number of allylic oxidation sites excluding steroid dienone is 2. The average molecular weight is 168 g/mol. The Labute approximate surface area is 71.1 Å². The monoisotopic (exact) mass is 168 g/mol. The highest BCUT2D eigenvalue weighted by Gasteiger charge is 2.32. The normalized spacial score (nSPS) is 34.6. The highest BCUT2D eigenvalue weighted by Crippen LogP contribution is 2.28. The van der Waals surface area contributed by atoms with Gasteiger partial charge in [-0.05, 0) is 12.3 Å². The summed E-state index contributed by atoms with van der Waals surface area (Å²) >= 11 is 0. The molecule has 3 atom stereocenters. The van der Waals surface area contributed by atoms with Gasteiger partial charge in [-0.3, -0.25) is 4.79 Å². The standard InChI is InChI=1S/C9H12O3/c1-6-3-2-4-7(9(11)12)8(6)5-10/h2-3,5-8H,4H2,1H3,(H,11,12). The lowest BCUT2D eigenvalue weighted by atomic mass is 9.78. The van der Waals surface area contributed by atoms with Crippen molar-refractivity contribution in [2.24, 2.45) is 17.8 Å². The van der Waals surface area contributed by atoms with E-state index in [0.717, 1.165) is 6.29 Å². The molecule has 0 aromatic rings. The van der Waals surface area contributed by atoms with Crippen LogP contribution in [0.4, 0.5) is 0 Å². The Morgan fingerprint density at radius 3 is 2.75 bits per heavy atom. The molecule has 12 heavy (non-hydrogen) atoms. The quantitative estimate of drug-likeness (QED) is 0.496. The van der Waals surface area contributed by atoms with Crippen LogP contribution < -0.4 is 0 Å². The Balaban J connectivity index is 2.81. The van der Waals surface area contributed by atoms with Crippen LogP contribution in [0.3, 0.4) is 0 Å². The molecule has 3 heteroatoms. The van der Waals surface area contributed by atoms with Crippen molar-refractivity contribution >= 4 is 12.3 Å². The highest BCUT2D eigenvalue weighted by atomic mass is 16.4. The van der Waals surface area contributed by atoms with Gasteiger partial charge in [0.2, 0.25) is 0 Å². The van der Waals surface area contributed by atoms with Crippen molar-refractivity contribution in [2.45, 2.75) is 13.3 Å². The molecule has 1 aliphatic rings. The third-order valence-electron chi connectivity index (χ3n) is 2.38. The fraction of sp³-hybridized carbons (Fsp3) is 0.556. The average Bonchev–Trinajstić information content (AvgIpc) is 2.03. The van der Waals surface area contributed by atoms with Crippen molar-refractivity contribution in [3.63, 3.8) is 0 Å². The summed E-state index contributed by atoms with van der Waals surface area (Å²) in [5.41, 5.74) is 0. The van der Waals surface area contributed by atoms with Gasteiger partial charge in [0.05, 0.1) is 5.92 Å². The predicted octanol–water partition coefficient (Wildman–Crippen LogP) is 1.10. The number of carboxylic acid groups (broad SMARTS) is 1. The van der Waals surface area contributed by atoms with Crippen LogP contribution in [0.5, 0.6) is 0 Å². The fourth-order valence-electron chi connectivity index (χ4n) is 1.58. The topological polar surface area (TPSA) is 54.4 Å². The zero-order valence-corrected chi connectivity index (χ0v) is 6.93. The zero-order chi connectivity index (χ0) is 9.14. The lowest BCUT2D eigenvalue weighted by molar-refractivity contribution is -0.145. The van der Waals surface area contributed by atoms with Crippen molar-refractivity contribution in [1.29, 1.82) is 0 Å². The van der Waals surface area contributed by atoms with E-state index in [1.54, 1.807) is 0 Å². The van der Waals surface area contributed by atoms with Gasteiger partial charge in [-0.1, -0.05) is 19.1 Å². The molecule has 1 N–H and O–H groups in total. The molecule has 1 rings (SSSR count). The molecule has 66 valence electrons. The molecule has 0 fully saturated rings.